The van der Waals surface area contributed by atoms with Crippen molar-refractivity contribution in [3.63, 3.8) is 0 Å². The molecule has 0 atom stereocenters. The van der Waals surface area contributed by atoms with Crippen molar-refractivity contribution in [2.24, 2.45) is 0 Å². The first kappa shape index (κ1) is 12.8. The molecule has 1 amide bonds. The molecular formula is C10H11F2NO2S. The van der Waals surface area contributed by atoms with Gasteiger partial charge in [0.05, 0.1) is 7.11 Å². The molecule has 0 saturated carbocycles. The number of nitrogens with one attached hydrogen (secondary N) is 1. The van der Waals surface area contributed by atoms with Crippen molar-refractivity contribution in [2.75, 3.05) is 13.7 Å². The maximum Gasteiger partial charge on any atom is 0.275 e. The molecule has 1 rings (SSSR count). The van der Waals surface area contributed by atoms with Crippen LogP contribution in [0.1, 0.15) is 5.56 Å². The zero-order valence-electron chi connectivity index (χ0n) is 8.59. The van der Waals surface area contributed by atoms with E-state index in [1.54, 1.807) is 0 Å². The number of amides is 1. The molecule has 0 heterocycles. The molecule has 0 fully saturated rings. The SMILES string of the molecule is COc1cc(F)c(CCNC(=O)S)cc1F. The quantitative estimate of drug-likeness (QED) is 0.800. The summed E-state index contributed by atoms with van der Waals surface area (Å²) in [7, 11) is 1.26. The van der Waals surface area contributed by atoms with Crippen LogP contribution in [0.2, 0.25) is 0 Å². The fourth-order valence-corrected chi connectivity index (χ4v) is 1.33. The number of hydrogen-bond acceptors (Lipinski definition) is 2. The first-order valence-electron chi connectivity index (χ1n) is 4.53. The first-order chi connectivity index (χ1) is 7.54. The second kappa shape index (κ2) is 5.69. The van der Waals surface area contributed by atoms with Crippen molar-refractivity contribution < 1.29 is 18.3 Å². The van der Waals surface area contributed by atoms with Gasteiger partial charge in [0.25, 0.3) is 5.24 Å². The molecule has 0 aliphatic rings. The highest BCUT2D eigenvalue weighted by Crippen LogP contribution is 2.21. The van der Waals surface area contributed by atoms with E-state index in [0.717, 1.165) is 12.1 Å². The number of hydrogen-bond donors (Lipinski definition) is 2. The van der Waals surface area contributed by atoms with E-state index in [0.29, 0.717) is 0 Å². The van der Waals surface area contributed by atoms with E-state index in [9.17, 15) is 13.6 Å². The minimum Gasteiger partial charge on any atom is -0.494 e. The molecule has 88 valence electrons. The zero-order valence-corrected chi connectivity index (χ0v) is 9.48. The highest BCUT2D eigenvalue weighted by atomic mass is 32.1. The minimum atomic E-state index is -0.629. The second-order valence-corrected chi connectivity index (χ2v) is 3.47. The lowest BCUT2D eigenvalue weighted by atomic mass is 10.1. The van der Waals surface area contributed by atoms with Gasteiger partial charge in [-0.25, -0.2) is 8.78 Å². The van der Waals surface area contributed by atoms with Gasteiger partial charge in [-0.3, -0.25) is 4.79 Å². The Bertz CT molecular complexity index is 399. The Morgan fingerprint density at radius 3 is 2.69 bits per heavy atom. The number of methoxy groups -OCH3 is 1. The zero-order chi connectivity index (χ0) is 12.1. The van der Waals surface area contributed by atoms with E-state index in [2.05, 4.69) is 22.7 Å². The molecule has 3 nitrogen and oxygen atoms in total. The van der Waals surface area contributed by atoms with E-state index in [4.69, 9.17) is 0 Å². The molecule has 1 aromatic carbocycles. The third-order valence-electron chi connectivity index (χ3n) is 1.99. The Kier molecular flexibility index (Phi) is 4.54. The summed E-state index contributed by atoms with van der Waals surface area (Å²) >= 11 is 3.48. The molecule has 0 saturated heterocycles. The van der Waals surface area contributed by atoms with Crippen LogP contribution in [-0.4, -0.2) is 18.9 Å². The standard InChI is InChI=1S/C10H11F2NO2S/c1-15-9-5-7(11)6(4-8(9)12)2-3-13-10(14)16/h4-5H,2-3H2,1H3,(H2,13,14,16). The smallest absolute Gasteiger partial charge is 0.275 e. The summed E-state index contributed by atoms with van der Waals surface area (Å²) in [4.78, 5) is 10.5. The highest BCUT2D eigenvalue weighted by molar-refractivity contribution is 7.96. The van der Waals surface area contributed by atoms with E-state index in [1.165, 1.54) is 7.11 Å². The lowest BCUT2D eigenvalue weighted by Gasteiger charge is -2.07. The molecule has 16 heavy (non-hydrogen) atoms. The summed E-state index contributed by atoms with van der Waals surface area (Å²) < 4.78 is 31.2. The number of benzene rings is 1. The molecular weight excluding hydrogens is 236 g/mol. The number of rotatable bonds is 4. The number of halogens is 2. The molecule has 1 N–H and O–H groups in total. The Labute approximate surface area is 97.2 Å². The van der Waals surface area contributed by atoms with Gasteiger partial charge in [0.15, 0.2) is 11.6 Å². The third-order valence-corrected chi connectivity index (χ3v) is 2.15. The predicted octanol–water partition coefficient (Wildman–Crippen LogP) is 2.16. The number of ether oxygens (including phenoxy) is 1. The van der Waals surface area contributed by atoms with Gasteiger partial charge in [-0.1, -0.05) is 12.6 Å². The molecule has 0 aromatic heterocycles. The van der Waals surface area contributed by atoms with Gasteiger partial charge < -0.3 is 10.1 Å². The van der Waals surface area contributed by atoms with Gasteiger partial charge in [-0.2, -0.15) is 0 Å². The second-order valence-electron chi connectivity index (χ2n) is 3.06. The van der Waals surface area contributed by atoms with Crippen LogP contribution in [0, 0.1) is 11.6 Å². The minimum absolute atomic E-state index is 0.139. The van der Waals surface area contributed by atoms with Crippen LogP contribution in [0.3, 0.4) is 0 Å². The lowest BCUT2D eigenvalue weighted by Crippen LogP contribution is -2.20. The average Bonchev–Trinajstić information content (AvgIpc) is 2.22. The van der Waals surface area contributed by atoms with Crippen LogP contribution < -0.4 is 10.1 Å². The fourth-order valence-electron chi connectivity index (χ4n) is 1.22. The van der Waals surface area contributed by atoms with Crippen molar-refractivity contribution >= 4 is 17.9 Å². The van der Waals surface area contributed by atoms with Crippen LogP contribution in [0.4, 0.5) is 13.6 Å². The van der Waals surface area contributed by atoms with Crippen LogP contribution in [0.5, 0.6) is 5.75 Å². The number of thiol groups is 1. The van der Waals surface area contributed by atoms with Gasteiger partial charge in [0.2, 0.25) is 0 Å². The van der Waals surface area contributed by atoms with Gasteiger partial charge in [-0.05, 0) is 18.1 Å². The first-order valence-corrected chi connectivity index (χ1v) is 4.98. The molecule has 1 aromatic rings. The van der Waals surface area contributed by atoms with Crippen molar-refractivity contribution in [3.05, 3.63) is 29.3 Å². The summed E-state index contributed by atoms with van der Waals surface area (Å²) in [5.74, 6) is -1.33. The maximum absolute atomic E-state index is 13.4. The van der Waals surface area contributed by atoms with E-state index < -0.39 is 16.9 Å². The average molecular weight is 247 g/mol. The van der Waals surface area contributed by atoms with E-state index in [1.807, 2.05) is 0 Å². The summed E-state index contributed by atoms with van der Waals surface area (Å²) in [6, 6.07) is 2.03. The highest BCUT2D eigenvalue weighted by Gasteiger charge is 2.10. The van der Waals surface area contributed by atoms with Crippen LogP contribution in [0.15, 0.2) is 12.1 Å². The van der Waals surface area contributed by atoms with Gasteiger partial charge in [0.1, 0.15) is 5.82 Å². The summed E-state index contributed by atoms with van der Waals surface area (Å²) in [5.41, 5.74) is 0.181. The van der Waals surface area contributed by atoms with Gasteiger partial charge in [0, 0.05) is 12.6 Å². The van der Waals surface area contributed by atoms with Crippen molar-refractivity contribution in [1.29, 1.82) is 0 Å². The molecule has 0 radical (unpaired) electrons. The van der Waals surface area contributed by atoms with Crippen molar-refractivity contribution in [1.82, 2.24) is 5.32 Å². The van der Waals surface area contributed by atoms with Crippen LogP contribution >= 0.6 is 12.6 Å². The topological polar surface area (TPSA) is 38.3 Å². The van der Waals surface area contributed by atoms with Gasteiger partial charge in [-0.15, -0.1) is 0 Å². The number of carbonyl (C=O) groups is 1. The Morgan fingerprint density at radius 2 is 2.12 bits per heavy atom. The Morgan fingerprint density at radius 1 is 1.44 bits per heavy atom. The van der Waals surface area contributed by atoms with Crippen LogP contribution in [0.25, 0.3) is 0 Å². The summed E-state index contributed by atoms with van der Waals surface area (Å²) in [6.07, 6.45) is 0.193. The van der Waals surface area contributed by atoms with Gasteiger partial charge >= 0.3 is 0 Å². The predicted molar refractivity (Wildman–Crippen MR) is 59.0 cm³/mol. The number of carbonyl (C=O) groups excluding carboxylic acids is 1. The van der Waals surface area contributed by atoms with Crippen molar-refractivity contribution in [2.45, 2.75) is 6.42 Å². The molecule has 0 spiro atoms. The normalized spacial score (nSPS) is 10.0. The van der Waals surface area contributed by atoms with E-state index in [-0.39, 0.29) is 24.3 Å². The van der Waals surface area contributed by atoms with Crippen LogP contribution in [-0.2, 0) is 6.42 Å². The lowest BCUT2D eigenvalue weighted by molar-refractivity contribution is 0.261. The van der Waals surface area contributed by atoms with Crippen molar-refractivity contribution in [3.8, 4) is 5.75 Å². The monoisotopic (exact) mass is 247 g/mol. The summed E-state index contributed by atoms with van der Waals surface area (Å²) in [5, 5.41) is 1.87. The molecule has 0 bridgehead atoms. The van der Waals surface area contributed by atoms with E-state index >= 15 is 0 Å². The summed E-state index contributed by atoms with van der Waals surface area (Å²) in [6.45, 7) is 0.199. The largest absolute Gasteiger partial charge is 0.494 e. The fraction of sp³-hybridized carbons (Fsp3) is 0.300. The molecule has 6 heteroatoms. The molecule has 0 unspecified atom stereocenters. The third kappa shape index (κ3) is 3.37. The maximum atomic E-state index is 13.4. The Hall–Kier alpha value is -1.30. The Balaban J connectivity index is 2.73. The molecule has 0 aliphatic heterocycles. The molecule has 0 aliphatic carbocycles.